The molecule has 0 aliphatic heterocycles. The fourth-order valence-electron chi connectivity index (χ4n) is 2.45. The second-order valence-electron chi connectivity index (χ2n) is 5.59. The van der Waals surface area contributed by atoms with E-state index in [0.717, 1.165) is 12.8 Å². The van der Waals surface area contributed by atoms with Crippen LogP contribution in [0, 0.1) is 0 Å². The van der Waals surface area contributed by atoms with Gasteiger partial charge in [0.25, 0.3) is 0 Å². The first-order valence-electron chi connectivity index (χ1n) is 8.53. The minimum atomic E-state index is -0.183. The zero-order valence-corrected chi connectivity index (χ0v) is 14.8. The first-order valence-corrected chi connectivity index (χ1v) is 8.53. The van der Waals surface area contributed by atoms with Crippen LogP contribution in [-0.2, 0) is 14.2 Å². The molecule has 0 bridgehead atoms. The van der Waals surface area contributed by atoms with Crippen molar-refractivity contribution in [2.45, 2.75) is 84.5 Å². The van der Waals surface area contributed by atoms with Gasteiger partial charge in [0.2, 0.25) is 0 Å². The highest BCUT2D eigenvalue weighted by Gasteiger charge is 2.17. The van der Waals surface area contributed by atoms with Crippen LogP contribution in [0.25, 0.3) is 0 Å². The van der Waals surface area contributed by atoms with Gasteiger partial charge in [0.1, 0.15) is 0 Å². The van der Waals surface area contributed by atoms with Gasteiger partial charge >= 0.3 is 0 Å². The van der Waals surface area contributed by atoms with E-state index in [-0.39, 0.29) is 12.4 Å². The van der Waals surface area contributed by atoms with E-state index in [1.165, 1.54) is 44.1 Å². The first-order chi connectivity index (χ1) is 10.2. The lowest BCUT2D eigenvalue weighted by molar-refractivity contribution is -0.137. The SMILES string of the molecule is CCCCCCCC/C=C(\C)C(CC(OC)OCC)OC. The molecule has 3 nitrogen and oxygen atoms in total. The number of allylic oxidation sites excluding steroid dienone is 1. The first kappa shape index (κ1) is 20.6. The van der Waals surface area contributed by atoms with Crippen LogP contribution < -0.4 is 0 Å². The van der Waals surface area contributed by atoms with Crippen molar-refractivity contribution in [3.8, 4) is 0 Å². The Labute approximate surface area is 132 Å². The predicted octanol–water partition coefficient (Wildman–Crippen LogP) is 5.10. The molecule has 126 valence electrons. The van der Waals surface area contributed by atoms with Gasteiger partial charge in [-0.15, -0.1) is 0 Å². The molecule has 0 saturated heterocycles. The maximum Gasteiger partial charge on any atom is 0.159 e. The molecule has 0 rings (SSSR count). The van der Waals surface area contributed by atoms with Gasteiger partial charge in [0.05, 0.1) is 6.10 Å². The summed E-state index contributed by atoms with van der Waals surface area (Å²) in [5, 5.41) is 0. The molecular formula is C18H36O3. The van der Waals surface area contributed by atoms with Crippen molar-refractivity contribution in [2.24, 2.45) is 0 Å². The zero-order valence-electron chi connectivity index (χ0n) is 14.8. The molecule has 2 unspecified atom stereocenters. The molecule has 3 heteroatoms. The van der Waals surface area contributed by atoms with Gasteiger partial charge in [-0.3, -0.25) is 0 Å². The summed E-state index contributed by atoms with van der Waals surface area (Å²) in [7, 11) is 3.44. The van der Waals surface area contributed by atoms with Crippen LogP contribution in [0.15, 0.2) is 11.6 Å². The van der Waals surface area contributed by atoms with Crippen LogP contribution in [0.2, 0.25) is 0 Å². The lowest BCUT2D eigenvalue weighted by Gasteiger charge is -2.22. The van der Waals surface area contributed by atoms with Crippen molar-refractivity contribution >= 4 is 0 Å². The van der Waals surface area contributed by atoms with Gasteiger partial charge in [-0.1, -0.05) is 45.1 Å². The third-order valence-electron chi connectivity index (χ3n) is 3.84. The topological polar surface area (TPSA) is 27.7 Å². The maximum atomic E-state index is 5.57. The van der Waals surface area contributed by atoms with E-state index in [2.05, 4.69) is 19.9 Å². The highest BCUT2D eigenvalue weighted by atomic mass is 16.7. The van der Waals surface area contributed by atoms with Crippen molar-refractivity contribution in [1.29, 1.82) is 0 Å². The Morgan fingerprint density at radius 2 is 1.62 bits per heavy atom. The fraction of sp³-hybridized carbons (Fsp3) is 0.889. The molecule has 0 radical (unpaired) electrons. The molecule has 0 spiro atoms. The van der Waals surface area contributed by atoms with Gasteiger partial charge in [-0.25, -0.2) is 0 Å². The zero-order chi connectivity index (χ0) is 15.9. The molecule has 21 heavy (non-hydrogen) atoms. The van der Waals surface area contributed by atoms with E-state index in [9.17, 15) is 0 Å². The normalized spacial score (nSPS) is 15.2. The van der Waals surface area contributed by atoms with Crippen LogP contribution in [-0.4, -0.2) is 33.2 Å². The van der Waals surface area contributed by atoms with Gasteiger partial charge < -0.3 is 14.2 Å². The molecule has 0 aromatic carbocycles. The number of unbranched alkanes of at least 4 members (excludes halogenated alkanes) is 6. The minimum Gasteiger partial charge on any atom is -0.377 e. The second kappa shape index (κ2) is 14.6. The van der Waals surface area contributed by atoms with Crippen molar-refractivity contribution in [3.05, 3.63) is 11.6 Å². The summed E-state index contributed by atoms with van der Waals surface area (Å²) in [6, 6.07) is 0. The predicted molar refractivity (Wildman–Crippen MR) is 89.6 cm³/mol. The maximum absolute atomic E-state index is 5.57. The molecule has 0 N–H and O–H groups in total. The Balaban J connectivity index is 4.00. The monoisotopic (exact) mass is 300 g/mol. The van der Waals surface area contributed by atoms with Gasteiger partial charge in [0.15, 0.2) is 6.29 Å². The number of ether oxygens (including phenoxy) is 3. The van der Waals surface area contributed by atoms with Crippen LogP contribution >= 0.6 is 0 Å². The summed E-state index contributed by atoms with van der Waals surface area (Å²) >= 11 is 0. The fourth-order valence-corrected chi connectivity index (χ4v) is 2.45. The molecule has 2 atom stereocenters. The van der Waals surface area contributed by atoms with Gasteiger partial charge in [-0.2, -0.15) is 0 Å². The number of hydrogen-bond acceptors (Lipinski definition) is 3. The van der Waals surface area contributed by atoms with Crippen molar-refractivity contribution in [2.75, 3.05) is 20.8 Å². The smallest absolute Gasteiger partial charge is 0.159 e. The standard InChI is InChI=1S/C18H36O3/c1-6-8-9-10-11-12-13-14-16(3)17(19-4)15-18(20-5)21-7-2/h14,17-18H,6-13,15H2,1-5H3/b16-14+. The number of methoxy groups -OCH3 is 2. The summed E-state index contributed by atoms with van der Waals surface area (Å²) < 4.78 is 16.4. The molecule has 0 aromatic rings. The van der Waals surface area contributed by atoms with Gasteiger partial charge in [0, 0.05) is 27.2 Å². The van der Waals surface area contributed by atoms with Crippen molar-refractivity contribution < 1.29 is 14.2 Å². The lowest BCUT2D eigenvalue weighted by atomic mass is 10.0. The van der Waals surface area contributed by atoms with Crippen LogP contribution in [0.3, 0.4) is 0 Å². The lowest BCUT2D eigenvalue weighted by Crippen LogP contribution is -2.25. The molecule has 0 aromatic heterocycles. The molecule has 0 heterocycles. The largest absolute Gasteiger partial charge is 0.377 e. The Bertz CT molecular complexity index is 251. The van der Waals surface area contributed by atoms with E-state index < -0.39 is 0 Å². The van der Waals surface area contributed by atoms with E-state index in [0.29, 0.717) is 6.61 Å². The summed E-state index contributed by atoms with van der Waals surface area (Å²) in [6.45, 7) is 7.04. The highest BCUT2D eigenvalue weighted by Crippen LogP contribution is 2.16. The Morgan fingerprint density at radius 3 is 2.19 bits per heavy atom. The molecular weight excluding hydrogens is 264 g/mol. The summed E-state index contributed by atoms with van der Waals surface area (Å²) in [4.78, 5) is 0. The third-order valence-corrected chi connectivity index (χ3v) is 3.84. The molecule has 0 aliphatic rings. The number of hydrogen-bond donors (Lipinski definition) is 0. The van der Waals surface area contributed by atoms with Crippen molar-refractivity contribution in [1.82, 2.24) is 0 Å². The average molecular weight is 300 g/mol. The van der Waals surface area contributed by atoms with E-state index in [4.69, 9.17) is 14.2 Å². The van der Waals surface area contributed by atoms with Crippen LogP contribution in [0.1, 0.15) is 72.1 Å². The Morgan fingerprint density at radius 1 is 0.952 bits per heavy atom. The Kier molecular flexibility index (Phi) is 14.3. The van der Waals surface area contributed by atoms with Crippen LogP contribution in [0.4, 0.5) is 0 Å². The summed E-state index contributed by atoms with van der Waals surface area (Å²) in [5.74, 6) is 0. The average Bonchev–Trinajstić information content (AvgIpc) is 2.50. The van der Waals surface area contributed by atoms with Gasteiger partial charge in [-0.05, 0) is 32.3 Å². The van der Waals surface area contributed by atoms with Crippen molar-refractivity contribution in [3.63, 3.8) is 0 Å². The third kappa shape index (κ3) is 10.9. The van der Waals surface area contributed by atoms with E-state index >= 15 is 0 Å². The Hall–Kier alpha value is -0.380. The van der Waals surface area contributed by atoms with E-state index in [1.807, 2.05) is 6.92 Å². The summed E-state index contributed by atoms with van der Waals surface area (Å²) in [5.41, 5.74) is 1.29. The number of rotatable bonds is 14. The van der Waals surface area contributed by atoms with E-state index in [1.54, 1.807) is 14.2 Å². The minimum absolute atomic E-state index is 0.0848. The quantitative estimate of drug-likeness (QED) is 0.254. The van der Waals surface area contributed by atoms with Crippen LogP contribution in [0.5, 0.6) is 0 Å². The second-order valence-corrected chi connectivity index (χ2v) is 5.59. The molecule has 0 saturated carbocycles. The molecule has 0 fully saturated rings. The molecule has 0 aliphatic carbocycles. The molecule has 0 amide bonds. The highest BCUT2D eigenvalue weighted by molar-refractivity contribution is 5.05. The summed E-state index contributed by atoms with van der Waals surface area (Å²) in [6.07, 6.45) is 12.1.